The van der Waals surface area contributed by atoms with E-state index < -0.39 is 5.91 Å². The van der Waals surface area contributed by atoms with Gasteiger partial charge in [0.1, 0.15) is 24.1 Å². The van der Waals surface area contributed by atoms with E-state index in [4.69, 9.17) is 9.47 Å². The molecular formula is C26H23FN2O3. The predicted octanol–water partition coefficient (Wildman–Crippen LogP) is 5.58. The second kappa shape index (κ2) is 10.3. The minimum atomic E-state index is -0.505. The van der Waals surface area contributed by atoms with Gasteiger partial charge in [-0.15, -0.1) is 0 Å². The van der Waals surface area contributed by atoms with Gasteiger partial charge in [-0.25, -0.2) is 4.39 Å². The highest BCUT2D eigenvalue weighted by atomic mass is 19.1. The molecule has 0 spiro atoms. The van der Waals surface area contributed by atoms with E-state index in [1.807, 2.05) is 32.0 Å². The summed E-state index contributed by atoms with van der Waals surface area (Å²) in [5.74, 6) is -0.0259. The van der Waals surface area contributed by atoms with Crippen molar-refractivity contribution in [2.24, 2.45) is 0 Å². The molecule has 0 aliphatic heterocycles. The standard InChI is InChI=1S/C26H23FN2O3/c1-17-8-10-22(12-18(17)2)29-26(30)21(15-28)13-19-9-11-24(25(14-19)31-3)32-16-20-6-4-5-7-23(20)27/h4-14H,16H2,1-3H3,(H,29,30)/b21-13-. The molecule has 0 atom stereocenters. The summed E-state index contributed by atoms with van der Waals surface area (Å²) in [6, 6.07) is 18.9. The van der Waals surface area contributed by atoms with Crippen LogP contribution in [0.15, 0.2) is 66.2 Å². The first-order valence-corrected chi connectivity index (χ1v) is 9.96. The number of carbonyl (C=O) groups excluding carboxylic acids is 1. The zero-order valence-corrected chi connectivity index (χ0v) is 18.1. The number of aryl methyl sites for hydroxylation is 2. The van der Waals surface area contributed by atoms with Gasteiger partial charge in [-0.05, 0) is 66.9 Å². The maximum Gasteiger partial charge on any atom is 0.266 e. The monoisotopic (exact) mass is 430 g/mol. The number of hydrogen-bond acceptors (Lipinski definition) is 4. The van der Waals surface area contributed by atoms with Crippen LogP contribution in [0.2, 0.25) is 0 Å². The van der Waals surface area contributed by atoms with Gasteiger partial charge in [0.25, 0.3) is 5.91 Å². The van der Waals surface area contributed by atoms with E-state index in [-0.39, 0.29) is 18.0 Å². The van der Waals surface area contributed by atoms with Gasteiger partial charge in [0, 0.05) is 11.3 Å². The van der Waals surface area contributed by atoms with Crippen LogP contribution in [0.25, 0.3) is 6.08 Å². The molecule has 3 aromatic rings. The van der Waals surface area contributed by atoms with Crippen molar-refractivity contribution >= 4 is 17.7 Å². The minimum absolute atomic E-state index is 0.0417. The molecule has 0 aliphatic carbocycles. The number of ether oxygens (including phenoxy) is 2. The van der Waals surface area contributed by atoms with E-state index in [0.29, 0.717) is 28.3 Å². The first kappa shape index (κ1) is 22.6. The van der Waals surface area contributed by atoms with Gasteiger partial charge in [0.15, 0.2) is 11.5 Å². The number of benzene rings is 3. The van der Waals surface area contributed by atoms with E-state index in [0.717, 1.165) is 11.1 Å². The lowest BCUT2D eigenvalue weighted by molar-refractivity contribution is -0.112. The third kappa shape index (κ3) is 5.52. The van der Waals surface area contributed by atoms with Crippen LogP contribution in [0.4, 0.5) is 10.1 Å². The maximum absolute atomic E-state index is 13.8. The van der Waals surface area contributed by atoms with E-state index in [1.165, 1.54) is 19.3 Å². The molecule has 0 radical (unpaired) electrons. The summed E-state index contributed by atoms with van der Waals surface area (Å²) in [5, 5.41) is 12.2. The quantitative estimate of drug-likeness (QED) is 0.393. The average molecular weight is 430 g/mol. The van der Waals surface area contributed by atoms with E-state index in [2.05, 4.69) is 5.32 Å². The number of carbonyl (C=O) groups is 1. The van der Waals surface area contributed by atoms with Crippen molar-refractivity contribution in [3.63, 3.8) is 0 Å². The molecule has 0 fully saturated rings. The lowest BCUT2D eigenvalue weighted by Gasteiger charge is -2.12. The predicted molar refractivity (Wildman–Crippen MR) is 122 cm³/mol. The lowest BCUT2D eigenvalue weighted by Crippen LogP contribution is -2.13. The molecule has 1 N–H and O–H groups in total. The summed E-state index contributed by atoms with van der Waals surface area (Å²) in [5.41, 5.74) is 3.74. The Hall–Kier alpha value is -4.11. The van der Waals surface area contributed by atoms with Crippen LogP contribution < -0.4 is 14.8 Å². The molecule has 6 heteroatoms. The van der Waals surface area contributed by atoms with Crippen molar-refractivity contribution in [1.82, 2.24) is 0 Å². The highest BCUT2D eigenvalue weighted by molar-refractivity contribution is 6.09. The number of hydrogen-bond donors (Lipinski definition) is 1. The Kier molecular flexibility index (Phi) is 7.25. The first-order valence-electron chi connectivity index (χ1n) is 9.96. The number of halogens is 1. The fourth-order valence-electron chi connectivity index (χ4n) is 3.00. The van der Waals surface area contributed by atoms with Crippen molar-refractivity contribution in [2.75, 3.05) is 12.4 Å². The van der Waals surface area contributed by atoms with Crippen LogP contribution in [0.1, 0.15) is 22.3 Å². The third-order valence-electron chi connectivity index (χ3n) is 4.97. The van der Waals surface area contributed by atoms with E-state index >= 15 is 0 Å². The van der Waals surface area contributed by atoms with Crippen molar-refractivity contribution in [2.45, 2.75) is 20.5 Å². The van der Waals surface area contributed by atoms with Crippen molar-refractivity contribution in [3.05, 3.63) is 94.3 Å². The summed E-state index contributed by atoms with van der Waals surface area (Å²) in [6.45, 7) is 3.98. The van der Waals surface area contributed by atoms with Gasteiger partial charge in [0.05, 0.1) is 7.11 Å². The smallest absolute Gasteiger partial charge is 0.266 e. The Labute approximate surface area is 186 Å². The summed E-state index contributed by atoms with van der Waals surface area (Å²) < 4.78 is 24.9. The number of nitrogens with one attached hydrogen (secondary N) is 1. The number of nitrogens with zero attached hydrogens (tertiary/aromatic N) is 1. The Morgan fingerprint density at radius 1 is 1.06 bits per heavy atom. The van der Waals surface area contributed by atoms with Gasteiger partial charge >= 0.3 is 0 Å². The highest BCUT2D eigenvalue weighted by Gasteiger charge is 2.12. The van der Waals surface area contributed by atoms with Gasteiger partial charge in [0.2, 0.25) is 0 Å². The van der Waals surface area contributed by atoms with Crippen LogP contribution in [-0.4, -0.2) is 13.0 Å². The second-order valence-corrected chi connectivity index (χ2v) is 7.21. The molecule has 0 saturated carbocycles. The van der Waals surface area contributed by atoms with Gasteiger partial charge in [-0.1, -0.05) is 30.3 Å². The first-order chi connectivity index (χ1) is 15.4. The number of methoxy groups -OCH3 is 1. The Morgan fingerprint density at radius 3 is 2.53 bits per heavy atom. The number of rotatable bonds is 7. The van der Waals surface area contributed by atoms with Crippen LogP contribution in [0.5, 0.6) is 11.5 Å². The Bertz CT molecular complexity index is 1210. The molecule has 0 heterocycles. The van der Waals surface area contributed by atoms with Crippen LogP contribution >= 0.6 is 0 Å². The average Bonchev–Trinajstić information content (AvgIpc) is 2.79. The van der Waals surface area contributed by atoms with Crippen molar-refractivity contribution in [1.29, 1.82) is 5.26 Å². The molecule has 3 aromatic carbocycles. The molecule has 0 aromatic heterocycles. The van der Waals surface area contributed by atoms with Crippen LogP contribution in [-0.2, 0) is 11.4 Å². The molecule has 1 amide bonds. The van der Waals surface area contributed by atoms with Crippen LogP contribution in [0.3, 0.4) is 0 Å². The second-order valence-electron chi connectivity index (χ2n) is 7.21. The third-order valence-corrected chi connectivity index (χ3v) is 4.97. The summed E-state index contributed by atoms with van der Waals surface area (Å²) in [7, 11) is 1.48. The molecule has 162 valence electrons. The molecule has 0 unspecified atom stereocenters. The van der Waals surface area contributed by atoms with Crippen molar-refractivity contribution in [3.8, 4) is 17.6 Å². The Morgan fingerprint density at radius 2 is 1.84 bits per heavy atom. The van der Waals surface area contributed by atoms with E-state index in [1.54, 1.807) is 42.5 Å². The van der Waals surface area contributed by atoms with Crippen LogP contribution in [0, 0.1) is 31.0 Å². The highest BCUT2D eigenvalue weighted by Crippen LogP contribution is 2.30. The fraction of sp³-hybridized carbons (Fsp3) is 0.154. The molecule has 5 nitrogen and oxygen atoms in total. The molecular weight excluding hydrogens is 407 g/mol. The molecule has 0 aliphatic rings. The SMILES string of the molecule is COc1cc(/C=C(/C#N)C(=O)Nc2ccc(C)c(C)c2)ccc1OCc1ccccc1F. The fourth-order valence-corrected chi connectivity index (χ4v) is 3.00. The summed E-state index contributed by atoms with van der Waals surface area (Å²) >= 11 is 0. The molecule has 3 rings (SSSR count). The topological polar surface area (TPSA) is 71.3 Å². The molecule has 32 heavy (non-hydrogen) atoms. The van der Waals surface area contributed by atoms with Gasteiger partial charge in [-0.3, -0.25) is 4.79 Å². The summed E-state index contributed by atoms with van der Waals surface area (Å²) in [6.07, 6.45) is 1.47. The van der Waals surface area contributed by atoms with Gasteiger partial charge in [-0.2, -0.15) is 5.26 Å². The Balaban J connectivity index is 1.76. The van der Waals surface area contributed by atoms with E-state index in [9.17, 15) is 14.4 Å². The maximum atomic E-state index is 13.8. The normalized spacial score (nSPS) is 10.9. The molecule has 0 saturated heterocycles. The van der Waals surface area contributed by atoms with Crippen molar-refractivity contribution < 1.29 is 18.7 Å². The summed E-state index contributed by atoms with van der Waals surface area (Å²) in [4.78, 5) is 12.6. The minimum Gasteiger partial charge on any atom is -0.493 e. The number of amides is 1. The molecule has 0 bridgehead atoms. The zero-order chi connectivity index (χ0) is 23.1. The van der Waals surface area contributed by atoms with Gasteiger partial charge < -0.3 is 14.8 Å². The number of nitriles is 1. The number of anilines is 1. The lowest BCUT2D eigenvalue weighted by atomic mass is 10.1. The zero-order valence-electron chi connectivity index (χ0n) is 18.1. The largest absolute Gasteiger partial charge is 0.493 e.